The summed E-state index contributed by atoms with van der Waals surface area (Å²) in [6.45, 7) is 4.15. The van der Waals surface area contributed by atoms with Gasteiger partial charge in [0.2, 0.25) is 6.10 Å². The van der Waals surface area contributed by atoms with E-state index in [-0.39, 0.29) is 12.5 Å². The minimum atomic E-state index is -0.571. The van der Waals surface area contributed by atoms with Crippen LogP contribution in [-0.4, -0.2) is 59.6 Å². The molecule has 148 valence electrons. The van der Waals surface area contributed by atoms with Crippen molar-refractivity contribution in [1.82, 2.24) is 14.8 Å². The van der Waals surface area contributed by atoms with Crippen molar-refractivity contribution in [2.45, 2.75) is 12.6 Å². The van der Waals surface area contributed by atoms with Crippen LogP contribution in [0.4, 0.5) is 0 Å². The summed E-state index contributed by atoms with van der Waals surface area (Å²) in [5.41, 5.74) is 2.28. The van der Waals surface area contributed by atoms with Gasteiger partial charge >= 0.3 is 0 Å². The highest BCUT2D eigenvalue weighted by molar-refractivity contribution is 5.82. The van der Waals surface area contributed by atoms with Crippen LogP contribution in [0, 0.1) is 0 Å². The number of hydrogen-bond donors (Lipinski definition) is 0. The van der Waals surface area contributed by atoms with Crippen LogP contribution in [0.5, 0.6) is 11.5 Å². The highest BCUT2D eigenvalue weighted by Crippen LogP contribution is 2.31. The fourth-order valence-corrected chi connectivity index (χ4v) is 4.01. The zero-order valence-electron chi connectivity index (χ0n) is 16.2. The lowest BCUT2D eigenvalue weighted by Crippen LogP contribution is -2.53. The molecule has 1 atom stereocenters. The van der Waals surface area contributed by atoms with Crippen LogP contribution in [0.15, 0.2) is 60.8 Å². The Morgan fingerprint density at radius 2 is 1.76 bits per heavy atom. The first-order valence-electron chi connectivity index (χ1n) is 10.0. The van der Waals surface area contributed by atoms with Crippen LogP contribution in [0.2, 0.25) is 0 Å². The molecule has 5 rings (SSSR count). The first-order chi connectivity index (χ1) is 14.3. The normalized spacial score (nSPS) is 19.3. The van der Waals surface area contributed by atoms with Crippen LogP contribution in [0.1, 0.15) is 5.56 Å². The van der Waals surface area contributed by atoms with E-state index in [9.17, 15) is 4.79 Å². The number of benzene rings is 2. The Balaban J connectivity index is 1.20. The minimum Gasteiger partial charge on any atom is -0.485 e. The van der Waals surface area contributed by atoms with Crippen molar-refractivity contribution >= 4 is 16.8 Å². The molecule has 1 saturated heterocycles. The monoisotopic (exact) mass is 389 g/mol. The largest absolute Gasteiger partial charge is 0.485 e. The van der Waals surface area contributed by atoms with Crippen LogP contribution >= 0.6 is 0 Å². The molecule has 3 heterocycles. The third-order valence-electron chi connectivity index (χ3n) is 5.58. The molecule has 6 nitrogen and oxygen atoms in total. The lowest BCUT2D eigenvalue weighted by Gasteiger charge is -2.37. The quantitative estimate of drug-likeness (QED) is 0.690. The Kier molecular flexibility index (Phi) is 4.77. The van der Waals surface area contributed by atoms with E-state index in [0.717, 1.165) is 30.5 Å². The maximum Gasteiger partial charge on any atom is 0.267 e. The van der Waals surface area contributed by atoms with Crippen molar-refractivity contribution < 1.29 is 14.3 Å². The highest BCUT2D eigenvalue weighted by atomic mass is 16.6. The zero-order chi connectivity index (χ0) is 19.6. The second-order valence-electron chi connectivity index (χ2n) is 7.46. The Bertz CT molecular complexity index is 1030. The first kappa shape index (κ1) is 17.9. The Morgan fingerprint density at radius 1 is 0.966 bits per heavy atom. The molecular formula is C23H23N3O3. The van der Waals surface area contributed by atoms with E-state index >= 15 is 0 Å². The number of hydrogen-bond acceptors (Lipinski definition) is 5. The van der Waals surface area contributed by atoms with Crippen molar-refractivity contribution in [3.05, 3.63) is 66.4 Å². The molecule has 0 aliphatic carbocycles. The molecule has 6 heteroatoms. The van der Waals surface area contributed by atoms with Gasteiger partial charge in [0.05, 0.1) is 5.52 Å². The van der Waals surface area contributed by atoms with E-state index in [1.807, 2.05) is 41.4 Å². The molecular weight excluding hydrogens is 366 g/mol. The van der Waals surface area contributed by atoms with Crippen LogP contribution < -0.4 is 9.47 Å². The first-order valence-corrected chi connectivity index (χ1v) is 10.0. The molecule has 1 aromatic heterocycles. The number of pyridine rings is 1. The number of aromatic nitrogens is 1. The minimum absolute atomic E-state index is 0.00554. The maximum absolute atomic E-state index is 12.9. The van der Waals surface area contributed by atoms with E-state index in [4.69, 9.17) is 9.47 Å². The average molecular weight is 389 g/mol. The lowest BCUT2D eigenvalue weighted by molar-refractivity contribution is -0.143. The Labute approximate surface area is 169 Å². The van der Waals surface area contributed by atoms with Gasteiger partial charge in [-0.05, 0) is 23.8 Å². The molecule has 0 N–H and O–H groups in total. The molecule has 0 radical (unpaired) electrons. The summed E-state index contributed by atoms with van der Waals surface area (Å²) < 4.78 is 11.6. The molecule has 0 unspecified atom stereocenters. The van der Waals surface area contributed by atoms with Gasteiger partial charge < -0.3 is 14.4 Å². The molecule has 1 amide bonds. The molecule has 0 spiro atoms. The van der Waals surface area contributed by atoms with Gasteiger partial charge in [-0.15, -0.1) is 0 Å². The molecule has 1 fully saturated rings. The SMILES string of the molecule is O=C([C@H]1COc2ccccc2O1)N1CCN(Cc2cccc3cccnc23)CC1. The second-order valence-corrected chi connectivity index (χ2v) is 7.46. The molecule has 0 bridgehead atoms. The highest BCUT2D eigenvalue weighted by Gasteiger charge is 2.32. The Morgan fingerprint density at radius 3 is 2.62 bits per heavy atom. The lowest BCUT2D eigenvalue weighted by atomic mass is 10.1. The third-order valence-corrected chi connectivity index (χ3v) is 5.58. The molecule has 2 aliphatic rings. The predicted molar refractivity (Wildman–Crippen MR) is 110 cm³/mol. The van der Waals surface area contributed by atoms with Crippen LogP contribution in [0.25, 0.3) is 10.9 Å². The molecule has 2 aromatic carbocycles. The number of carbonyl (C=O) groups excluding carboxylic acids is 1. The van der Waals surface area contributed by atoms with Crippen molar-refractivity contribution in [3.63, 3.8) is 0 Å². The summed E-state index contributed by atoms with van der Waals surface area (Å²) in [7, 11) is 0. The van der Waals surface area contributed by atoms with E-state index in [1.54, 1.807) is 0 Å². The average Bonchev–Trinajstić information content (AvgIpc) is 2.79. The number of nitrogens with zero attached hydrogens (tertiary/aromatic N) is 3. The zero-order valence-corrected chi connectivity index (χ0v) is 16.2. The number of ether oxygens (including phenoxy) is 2. The van der Waals surface area contributed by atoms with Gasteiger partial charge in [-0.1, -0.05) is 36.4 Å². The van der Waals surface area contributed by atoms with Crippen molar-refractivity contribution in [3.8, 4) is 11.5 Å². The summed E-state index contributed by atoms with van der Waals surface area (Å²) in [5, 5.41) is 1.16. The van der Waals surface area contributed by atoms with E-state index < -0.39 is 6.10 Å². The van der Waals surface area contributed by atoms with Crippen LogP contribution in [-0.2, 0) is 11.3 Å². The fourth-order valence-electron chi connectivity index (χ4n) is 4.01. The number of piperazine rings is 1. The molecule has 0 saturated carbocycles. The summed E-state index contributed by atoms with van der Waals surface area (Å²) in [6.07, 6.45) is 1.27. The van der Waals surface area contributed by atoms with E-state index in [1.165, 1.54) is 5.56 Å². The maximum atomic E-state index is 12.9. The van der Waals surface area contributed by atoms with Gasteiger partial charge in [-0.3, -0.25) is 14.7 Å². The van der Waals surface area contributed by atoms with Gasteiger partial charge in [-0.2, -0.15) is 0 Å². The van der Waals surface area contributed by atoms with Crippen LogP contribution in [0.3, 0.4) is 0 Å². The standard InChI is InChI=1S/C23H23N3O3/c27-23(21-16-28-19-8-1-2-9-20(19)29-21)26-13-11-25(12-14-26)15-18-6-3-5-17-7-4-10-24-22(17)18/h1-10,21H,11-16H2/t21-/m1/s1. The number of carbonyl (C=O) groups is 1. The van der Waals surface area contributed by atoms with Gasteiger partial charge in [0, 0.05) is 44.3 Å². The number of amides is 1. The summed E-state index contributed by atoms with van der Waals surface area (Å²) >= 11 is 0. The topological polar surface area (TPSA) is 54.9 Å². The van der Waals surface area contributed by atoms with Gasteiger partial charge in [-0.25, -0.2) is 0 Å². The van der Waals surface area contributed by atoms with Crippen molar-refractivity contribution in [1.29, 1.82) is 0 Å². The number of fused-ring (bicyclic) bond motifs is 2. The van der Waals surface area contributed by atoms with Gasteiger partial charge in [0.25, 0.3) is 5.91 Å². The summed E-state index contributed by atoms with van der Waals surface area (Å²) in [5.74, 6) is 1.34. The number of para-hydroxylation sites is 3. The summed E-state index contributed by atoms with van der Waals surface area (Å²) in [6, 6.07) is 17.8. The van der Waals surface area contributed by atoms with Crippen molar-refractivity contribution in [2.75, 3.05) is 32.8 Å². The predicted octanol–water partition coefficient (Wildman–Crippen LogP) is 2.72. The molecule has 29 heavy (non-hydrogen) atoms. The van der Waals surface area contributed by atoms with Crippen molar-refractivity contribution in [2.24, 2.45) is 0 Å². The van der Waals surface area contributed by atoms with E-state index in [2.05, 4.69) is 34.1 Å². The van der Waals surface area contributed by atoms with Gasteiger partial charge in [0.1, 0.15) is 6.61 Å². The smallest absolute Gasteiger partial charge is 0.267 e. The summed E-state index contributed by atoms with van der Waals surface area (Å²) in [4.78, 5) is 21.7. The molecule has 3 aromatic rings. The second kappa shape index (κ2) is 7.72. The van der Waals surface area contributed by atoms with E-state index in [0.29, 0.717) is 24.6 Å². The molecule has 2 aliphatic heterocycles. The Hall–Kier alpha value is -3.12. The fraction of sp³-hybridized carbons (Fsp3) is 0.304. The van der Waals surface area contributed by atoms with Gasteiger partial charge in [0.15, 0.2) is 11.5 Å². The third kappa shape index (κ3) is 3.63. The number of rotatable bonds is 3.